The lowest BCUT2D eigenvalue weighted by Gasteiger charge is -2.34. The highest BCUT2D eigenvalue weighted by Gasteiger charge is 2.22. The standard InChI is InChI=1S/C21H27FN4O.HI/c1-15-11-16(2)13-19(12-15)25-21(23)24-14-20(26-7-9-27-10-8-26)17-3-5-18(22)6-4-17;/h3-6,11-13,20H,7-10,14H2,1-2H3,(H3,23,24,25);1H. The summed E-state index contributed by atoms with van der Waals surface area (Å²) in [4.78, 5) is 6.87. The Bertz CT molecular complexity index is 771. The molecule has 152 valence electrons. The number of nitrogens with zero attached hydrogens (tertiary/aromatic N) is 2. The average Bonchev–Trinajstić information content (AvgIpc) is 2.63. The van der Waals surface area contributed by atoms with Crippen LogP contribution in [0.5, 0.6) is 0 Å². The predicted octanol–water partition coefficient (Wildman–Crippen LogP) is 3.86. The fourth-order valence-corrected chi connectivity index (χ4v) is 3.42. The summed E-state index contributed by atoms with van der Waals surface area (Å²) < 4.78 is 18.8. The van der Waals surface area contributed by atoms with Crippen molar-refractivity contribution in [2.75, 3.05) is 38.2 Å². The number of morpholine rings is 1. The lowest BCUT2D eigenvalue weighted by Crippen LogP contribution is -2.40. The van der Waals surface area contributed by atoms with Crippen molar-refractivity contribution in [2.24, 2.45) is 10.7 Å². The lowest BCUT2D eigenvalue weighted by atomic mass is 10.0. The number of anilines is 1. The summed E-state index contributed by atoms with van der Waals surface area (Å²) >= 11 is 0. The zero-order chi connectivity index (χ0) is 19.2. The maximum absolute atomic E-state index is 13.3. The minimum Gasteiger partial charge on any atom is -0.379 e. The zero-order valence-corrected chi connectivity index (χ0v) is 18.7. The minimum absolute atomic E-state index is 0. The molecule has 1 fully saturated rings. The molecule has 3 rings (SSSR count). The normalized spacial score (nSPS) is 16.3. The van der Waals surface area contributed by atoms with Gasteiger partial charge in [-0.25, -0.2) is 4.39 Å². The molecule has 0 aromatic heterocycles. The number of nitrogens with one attached hydrogen (secondary N) is 1. The second-order valence-corrected chi connectivity index (χ2v) is 6.94. The van der Waals surface area contributed by atoms with Gasteiger partial charge in [0.25, 0.3) is 0 Å². The number of ether oxygens (including phenoxy) is 1. The maximum Gasteiger partial charge on any atom is 0.193 e. The number of aliphatic imine (C=N–C) groups is 1. The van der Waals surface area contributed by atoms with E-state index in [1.165, 1.54) is 23.3 Å². The van der Waals surface area contributed by atoms with Crippen LogP contribution in [0, 0.1) is 19.7 Å². The fourth-order valence-electron chi connectivity index (χ4n) is 3.42. The SMILES string of the molecule is Cc1cc(C)cc(NC(N)=NCC(c2ccc(F)cc2)N2CCOCC2)c1.I. The van der Waals surface area contributed by atoms with Crippen LogP contribution in [0.25, 0.3) is 0 Å². The highest BCUT2D eigenvalue weighted by molar-refractivity contribution is 14.0. The number of rotatable bonds is 5. The van der Waals surface area contributed by atoms with E-state index in [0.29, 0.717) is 25.7 Å². The molecule has 2 aromatic rings. The van der Waals surface area contributed by atoms with Crippen molar-refractivity contribution in [3.63, 3.8) is 0 Å². The lowest BCUT2D eigenvalue weighted by molar-refractivity contribution is 0.0180. The van der Waals surface area contributed by atoms with Crippen molar-refractivity contribution in [3.8, 4) is 0 Å². The number of benzene rings is 2. The van der Waals surface area contributed by atoms with Crippen molar-refractivity contribution >= 4 is 35.6 Å². The van der Waals surface area contributed by atoms with Gasteiger partial charge < -0.3 is 15.8 Å². The summed E-state index contributed by atoms with van der Waals surface area (Å²) in [6.45, 7) is 7.62. The Morgan fingerprint density at radius 3 is 2.36 bits per heavy atom. The van der Waals surface area contributed by atoms with E-state index in [2.05, 4.69) is 35.1 Å². The van der Waals surface area contributed by atoms with E-state index in [9.17, 15) is 4.39 Å². The molecule has 0 aliphatic carbocycles. The van der Waals surface area contributed by atoms with Gasteiger partial charge in [-0.15, -0.1) is 24.0 Å². The van der Waals surface area contributed by atoms with Crippen LogP contribution in [0.3, 0.4) is 0 Å². The average molecular weight is 498 g/mol. The first-order chi connectivity index (χ1) is 13.0. The summed E-state index contributed by atoms with van der Waals surface area (Å²) in [6.07, 6.45) is 0. The molecule has 2 aromatic carbocycles. The number of hydrogen-bond acceptors (Lipinski definition) is 3. The molecule has 0 saturated carbocycles. The molecule has 1 unspecified atom stereocenters. The monoisotopic (exact) mass is 498 g/mol. The van der Waals surface area contributed by atoms with Crippen LogP contribution in [-0.4, -0.2) is 43.7 Å². The molecule has 1 atom stereocenters. The van der Waals surface area contributed by atoms with Gasteiger partial charge in [0.2, 0.25) is 0 Å². The maximum atomic E-state index is 13.3. The van der Waals surface area contributed by atoms with Crippen LogP contribution in [0.2, 0.25) is 0 Å². The highest BCUT2D eigenvalue weighted by atomic mass is 127. The van der Waals surface area contributed by atoms with E-state index in [-0.39, 0.29) is 35.8 Å². The van der Waals surface area contributed by atoms with Crippen molar-refractivity contribution < 1.29 is 9.13 Å². The minimum atomic E-state index is -0.237. The molecule has 3 N–H and O–H groups in total. The Morgan fingerprint density at radius 2 is 1.75 bits per heavy atom. The van der Waals surface area contributed by atoms with Gasteiger partial charge in [0.1, 0.15) is 5.82 Å². The van der Waals surface area contributed by atoms with Crippen LogP contribution in [0.4, 0.5) is 10.1 Å². The van der Waals surface area contributed by atoms with Gasteiger partial charge in [0, 0.05) is 18.8 Å². The third kappa shape index (κ3) is 6.42. The first-order valence-electron chi connectivity index (χ1n) is 9.24. The molecule has 0 bridgehead atoms. The molecule has 1 saturated heterocycles. The molecule has 5 nitrogen and oxygen atoms in total. The van der Waals surface area contributed by atoms with Gasteiger partial charge in [-0.2, -0.15) is 0 Å². The van der Waals surface area contributed by atoms with Crippen LogP contribution < -0.4 is 11.1 Å². The predicted molar refractivity (Wildman–Crippen MR) is 123 cm³/mol. The van der Waals surface area contributed by atoms with Gasteiger partial charge in [-0.05, 0) is 54.8 Å². The van der Waals surface area contributed by atoms with Crippen molar-refractivity contribution in [1.82, 2.24) is 4.90 Å². The Morgan fingerprint density at radius 1 is 1.14 bits per heavy atom. The van der Waals surface area contributed by atoms with Crippen LogP contribution in [-0.2, 0) is 4.74 Å². The largest absolute Gasteiger partial charge is 0.379 e. The molecule has 1 heterocycles. The summed E-state index contributed by atoms with van der Waals surface area (Å²) in [5, 5.41) is 3.17. The van der Waals surface area contributed by atoms with E-state index < -0.39 is 0 Å². The smallest absolute Gasteiger partial charge is 0.193 e. The topological polar surface area (TPSA) is 62.9 Å². The molecule has 7 heteroatoms. The highest BCUT2D eigenvalue weighted by Crippen LogP contribution is 2.23. The van der Waals surface area contributed by atoms with E-state index in [1.54, 1.807) is 0 Å². The number of nitrogens with two attached hydrogens (primary N) is 1. The summed E-state index contributed by atoms with van der Waals surface area (Å²) in [5.74, 6) is 0.138. The Labute approximate surface area is 183 Å². The molecule has 1 aliphatic heterocycles. The van der Waals surface area contributed by atoms with Crippen LogP contribution in [0.1, 0.15) is 22.7 Å². The number of hydrogen-bond donors (Lipinski definition) is 2. The third-order valence-corrected chi connectivity index (χ3v) is 4.67. The molecule has 0 amide bonds. The first kappa shape index (κ1) is 22.6. The summed E-state index contributed by atoms with van der Waals surface area (Å²) in [5.41, 5.74) is 10.4. The molecular formula is C21H28FIN4O. The van der Waals surface area contributed by atoms with Gasteiger partial charge in [-0.1, -0.05) is 18.2 Å². The van der Waals surface area contributed by atoms with Crippen molar-refractivity contribution in [1.29, 1.82) is 0 Å². The van der Waals surface area contributed by atoms with E-state index >= 15 is 0 Å². The van der Waals surface area contributed by atoms with Crippen molar-refractivity contribution in [2.45, 2.75) is 19.9 Å². The van der Waals surface area contributed by atoms with Crippen molar-refractivity contribution in [3.05, 3.63) is 65.0 Å². The second kappa shape index (κ2) is 10.7. The summed E-state index contributed by atoms with van der Waals surface area (Å²) in [7, 11) is 0. The molecule has 28 heavy (non-hydrogen) atoms. The zero-order valence-electron chi connectivity index (χ0n) is 16.3. The molecule has 1 aliphatic rings. The van der Waals surface area contributed by atoms with Crippen LogP contribution >= 0.6 is 24.0 Å². The van der Waals surface area contributed by atoms with Gasteiger partial charge in [0.05, 0.1) is 25.8 Å². The number of aryl methyl sites for hydroxylation is 2. The Kier molecular flexibility index (Phi) is 8.65. The van der Waals surface area contributed by atoms with E-state index in [0.717, 1.165) is 24.3 Å². The quantitative estimate of drug-likeness (QED) is 0.374. The van der Waals surface area contributed by atoms with Gasteiger partial charge >= 0.3 is 0 Å². The first-order valence-corrected chi connectivity index (χ1v) is 9.24. The third-order valence-electron chi connectivity index (χ3n) is 4.67. The van der Waals surface area contributed by atoms with Gasteiger partial charge in [0.15, 0.2) is 5.96 Å². The Balaban J connectivity index is 0.00000280. The molecular weight excluding hydrogens is 470 g/mol. The fraction of sp³-hybridized carbons (Fsp3) is 0.381. The van der Waals surface area contributed by atoms with E-state index in [4.69, 9.17) is 10.5 Å². The van der Waals surface area contributed by atoms with E-state index in [1.807, 2.05) is 24.3 Å². The number of halogens is 2. The second-order valence-electron chi connectivity index (χ2n) is 6.94. The molecule has 0 spiro atoms. The van der Waals surface area contributed by atoms with Crippen LogP contribution in [0.15, 0.2) is 47.5 Å². The number of guanidine groups is 1. The molecule has 0 radical (unpaired) electrons. The van der Waals surface area contributed by atoms with Gasteiger partial charge in [-0.3, -0.25) is 9.89 Å². The Hall–Kier alpha value is -1.71. The summed E-state index contributed by atoms with van der Waals surface area (Å²) in [6, 6.07) is 12.8.